The van der Waals surface area contributed by atoms with E-state index in [1.54, 1.807) is 36.4 Å². The molecule has 3 atom stereocenters. The van der Waals surface area contributed by atoms with Gasteiger partial charge in [-0.25, -0.2) is 4.90 Å². The Kier molecular flexibility index (Phi) is 7.16. The molecule has 11 heteroatoms. The smallest absolute Gasteiger partial charge is 0.305 e. The zero-order valence-corrected chi connectivity index (χ0v) is 25.5. The number of nitrogens with zero attached hydrogens (tertiary/aromatic N) is 1. The lowest BCUT2D eigenvalue weighted by molar-refractivity contribution is -0.122. The van der Waals surface area contributed by atoms with Crippen molar-refractivity contribution in [1.82, 2.24) is 4.98 Å². The lowest BCUT2D eigenvalue weighted by Gasteiger charge is -2.30. The van der Waals surface area contributed by atoms with E-state index in [9.17, 15) is 19.2 Å². The van der Waals surface area contributed by atoms with E-state index >= 15 is 0 Å². The molecule has 2 aliphatic heterocycles. The van der Waals surface area contributed by atoms with E-state index in [1.807, 2.05) is 54.6 Å². The number of imide groups is 1. The molecule has 1 saturated heterocycles. The van der Waals surface area contributed by atoms with Gasteiger partial charge in [-0.2, -0.15) is 0 Å². The Bertz CT molecular complexity index is 1970. The van der Waals surface area contributed by atoms with Crippen molar-refractivity contribution < 1.29 is 19.1 Å². The van der Waals surface area contributed by atoms with Gasteiger partial charge in [0.25, 0.3) is 5.91 Å². The summed E-state index contributed by atoms with van der Waals surface area (Å²) in [6.45, 7) is -0.270. The molecule has 1 aromatic heterocycles. The van der Waals surface area contributed by atoms with Gasteiger partial charge in [-0.1, -0.05) is 87.6 Å². The summed E-state index contributed by atoms with van der Waals surface area (Å²) in [5.41, 5.74) is 1.77. The van der Waals surface area contributed by atoms with Gasteiger partial charge in [0.1, 0.15) is 11.0 Å². The molecule has 0 spiro atoms. The molecule has 7 rings (SSSR count). The fourth-order valence-electron chi connectivity index (χ4n) is 5.67. The van der Waals surface area contributed by atoms with E-state index in [-0.39, 0.29) is 29.2 Å². The number of amides is 3. The van der Waals surface area contributed by atoms with Crippen molar-refractivity contribution in [2.24, 2.45) is 5.92 Å². The zero-order valence-electron chi connectivity index (χ0n) is 22.3. The van der Waals surface area contributed by atoms with E-state index in [0.29, 0.717) is 32.6 Å². The Morgan fingerprint density at radius 3 is 2.47 bits per heavy atom. The fourth-order valence-corrected chi connectivity index (χ4v) is 8.44. The number of hydrogen-bond acceptors (Lipinski definition) is 7. The third-order valence-corrected chi connectivity index (χ3v) is 10.5. The maximum absolute atomic E-state index is 14.0. The van der Waals surface area contributed by atoms with Crippen LogP contribution in [0.3, 0.4) is 0 Å². The van der Waals surface area contributed by atoms with Gasteiger partial charge in [0.15, 0.2) is 6.61 Å². The van der Waals surface area contributed by atoms with Crippen LogP contribution in [0.15, 0.2) is 105 Å². The minimum Gasteiger partial charge on any atom is -0.483 e. The molecular formula is C32H22BrN3O5S2. The summed E-state index contributed by atoms with van der Waals surface area (Å²) in [5.74, 6) is -2.01. The number of rotatable bonds is 6. The molecule has 2 aliphatic rings. The van der Waals surface area contributed by atoms with E-state index in [2.05, 4.69) is 26.2 Å². The maximum Gasteiger partial charge on any atom is 0.305 e. The van der Waals surface area contributed by atoms with Crippen LogP contribution >= 0.6 is 39.0 Å². The molecule has 0 aliphatic carbocycles. The molecule has 5 aromatic rings. The normalized spacial score (nSPS) is 19.3. The first-order valence-corrected chi connectivity index (χ1v) is 15.9. The van der Waals surface area contributed by atoms with Crippen LogP contribution in [0.4, 0.5) is 11.4 Å². The number of aromatic amines is 1. The minimum absolute atomic E-state index is 0.264. The predicted molar refractivity (Wildman–Crippen MR) is 171 cm³/mol. The van der Waals surface area contributed by atoms with Crippen LogP contribution in [0.2, 0.25) is 0 Å². The summed E-state index contributed by atoms with van der Waals surface area (Å²) in [6, 6.07) is 27.7. The van der Waals surface area contributed by atoms with E-state index in [4.69, 9.17) is 4.74 Å². The number of H-pyrrole nitrogens is 1. The van der Waals surface area contributed by atoms with E-state index in [0.717, 1.165) is 26.6 Å². The second-order valence-corrected chi connectivity index (χ2v) is 13.3. The highest BCUT2D eigenvalue weighted by molar-refractivity contribution is 9.10. The molecule has 8 nitrogen and oxygen atoms in total. The number of thiazole rings is 1. The lowest BCUT2D eigenvalue weighted by Crippen LogP contribution is -2.32. The van der Waals surface area contributed by atoms with Crippen LogP contribution in [-0.2, 0) is 14.4 Å². The summed E-state index contributed by atoms with van der Waals surface area (Å²) in [7, 11) is 0. The van der Waals surface area contributed by atoms with Gasteiger partial charge in [-0.3, -0.25) is 19.2 Å². The number of carbonyl (C=O) groups excluding carboxylic acids is 3. The second-order valence-electron chi connectivity index (χ2n) is 10.2. The van der Waals surface area contributed by atoms with Crippen LogP contribution in [0.1, 0.15) is 16.4 Å². The minimum atomic E-state index is -0.767. The predicted octanol–water partition coefficient (Wildman–Crippen LogP) is 6.17. The molecule has 43 heavy (non-hydrogen) atoms. The van der Waals surface area contributed by atoms with Gasteiger partial charge in [-0.15, -0.1) is 0 Å². The van der Waals surface area contributed by atoms with Gasteiger partial charge in [0.05, 0.1) is 16.6 Å². The molecule has 3 unspecified atom stereocenters. The molecule has 1 fully saturated rings. The largest absolute Gasteiger partial charge is 0.483 e. The number of ether oxygens (including phenoxy) is 1. The van der Waals surface area contributed by atoms with Crippen molar-refractivity contribution in [2.75, 3.05) is 16.8 Å². The van der Waals surface area contributed by atoms with Gasteiger partial charge < -0.3 is 15.0 Å². The molecule has 2 N–H and O–H groups in total. The fraction of sp³-hybridized carbons (Fsp3) is 0.125. The SMILES string of the molecule is O=C(COc1ccccc1C1c2sc(=O)[nH]c2SC2C(=O)N(c3ccc(Br)cc3)C(=O)C21)Nc1ccc2ccccc2c1. The van der Waals surface area contributed by atoms with Crippen LogP contribution in [0.5, 0.6) is 5.75 Å². The third kappa shape index (κ3) is 5.07. The Morgan fingerprint density at radius 2 is 1.65 bits per heavy atom. The number of hydrogen-bond donors (Lipinski definition) is 2. The van der Waals surface area contributed by atoms with Crippen LogP contribution in [0, 0.1) is 5.92 Å². The van der Waals surface area contributed by atoms with Gasteiger partial charge in [-0.05, 0) is 53.2 Å². The van der Waals surface area contributed by atoms with Gasteiger partial charge in [0.2, 0.25) is 11.8 Å². The number of carbonyl (C=O) groups is 3. The van der Waals surface area contributed by atoms with Crippen molar-refractivity contribution in [3.05, 3.63) is 116 Å². The Morgan fingerprint density at radius 1 is 0.907 bits per heavy atom. The standard InChI is InChI=1S/C32H22BrN3O5S2/c33-19-10-13-21(14-11-19)36-30(38)26-25(27-29(35-32(40)43-27)42-28(26)31(36)39)22-7-3-4-8-23(22)41-16-24(37)34-20-12-9-17-5-1-2-6-18(17)15-20/h1-15,25-26,28H,16H2,(H,34,37)(H,35,40). The van der Waals surface area contributed by atoms with E-state index in [1.165, 1.54) is 16.7 Å². The number of thioether (sulfide) groups is 1. The van der Waals surface area contributed by atoms with Crippen LogP contribution < -0.4 is 19.8 Å². The highest BCUT2D eigenvalue weighted by Crippen LogP contribution is 2.54. The van der Waals surface area contributed by atoms with E-state index < -0.39 is 17.1 Å². The Balaban J connectivity index is 1.19. The number of anilines is 2. The quantitative estimate of drug-likeness (QED) is 0.209. The van der Waals surface area contributed by atoms with Crippen molar-refractivity contribution in [3.63, 3.8) is 0 Å². The average Bonchev–Trinajstić information content (AvgIpc) is 3.50. The number of para-hydroxylation sites is 1. The topological polar surface area (TPSA) is 109 Å². The summed E-state index contributed by atoms with van der Waals surface area (Å²) in [6.07, 6.45) is 0. The average molecular weight is 673 g/mol. The number of nitrogens with one attached hydrogen (secondary N) is 2. The molecule has 0 bridgehead atoms. The first-order chi connectivity index (χ1) is 20.9. The Hall–Kier alpha value is -4.19. The van der Waals surface area contributed by atoms with Crippen LogP contribution in [0.25, 0.3) is 10.8 Å². The second kappa shape index (κ2) is 11.1. The highest BCUT2D eigenvalue weighted by Gasteiger charge is 2.56. The maximum atomic E-state index is 14.0. The monoisotopic (exact) mass is 671 g/mol. The van der Waals surface area contributed by atoms with Gasteiger partial charge in [0, 0.05) is 26.5 Å². The number of halogens is 1. The molecular weight excluding hydrogens is 650 g/mol. The van der Waals surface area contributed by atoms with Crippen molar-refractivity contribution in [3.8, 4) is 5.75 Å². The summed E-state index contributed by atoms with van der Waals surface area (Å²) in [4.78, 5) is 57.6. The first-order valence-electron chi connectivity index (χ1n) is 13.4. The molecule has 0 radical (unpaired) electrons. The number of aromatic nitrogens is 1. The van der Waals surface area contributed by atoms with Gasteiger partial charge >= 0.3 is 4.87 Å². The number of fused-ring (bicyclic) bond motifs is 3. The molecule has 3 heterocycles. The summed E-state index contributed by atoms with van der Waals surface area (Å²) in [5, 5.41) is 4.79. The zero-order chi connectivity index (χ0) is 29.7. The van der Waals surface area contributed by atoms with Crippen molar-refractivity contribution in [2.45, 2.75) is 16.2 Å². The summed E-state index contributed by atoms with van der Waals surface area (Å²) < 4.78 is 6.88. The van der Waals surface area contributed by atoms with Crippen molar-refractivity contribution >= 4 is 78.9 Å². The first kappa shape index (κ1) is 27.6. The molecule has 0 saturated carbocycles. The highest BCUT2D eigenvalue weighted by atomic mass is 79.9. The number of benzene rings is 4. The third-order valence-electron chi connectivity index (χ3n) is 7.55. The Labute approximate surface area is 262 Å². The van der Waals surface area contributed by atoms with Crippen LogP contribution in [-0.4, -0.2) is 34.6 Å². The lowest BCUT2D eigenvalue weighted by atomic mass is 9.82. The van der Waals surface area contributed by atoms with Crippen molar-refractivity contribution in [1.29, 1.82) is 0 Å². The molecule has 4 aromatic carbocycles. The molecule has 214 valence electrons. The molecule has 3 amide bonds. The summed E-state index contributed by atoms with van der Waals surface area (Å²) >= 11 is 5.64.